The van der Waals surface area contributed by atoms with Crippen LogP contribution in [0.25, 0.3) is 17.2 Å². The summed E-state index contributed by atoms with van der Waals surface area (Å²) in [7, 11) is 0. The molecule has 0 unspecified atom stereocenters. The van der Waals surface area contributed by atoms with E-state index >= 15 is 0 Å². The summed E-state index contributed by atoms with van der Waals surface area (Å²) in [5, 5.41) is 6.65. The quantitative estimate of drug-likeness (QED) is 0.530. The number of hydrogen-bond donors (Lipinski definition) is 2. The Kier molecular flexibility index (Phi) is 7.36. The van der Waals surface area contributed by atoms with Crippen molar-refractivity contribution in [1.29, 1.82) is 0 Å². The molecule has 1 aliphatic rings. The Balaban J connectivity index is 1.76. The Hall–Kier alpha value is -2.55. The number of aryl methyl sites for hydroxylation is 2. The van der Waals surface area contributed by atoms with Gasteiger partial charge in [-0.05, 0) is 93.5 Å². The molecule has 0 bridgehead atoms. The predicted molar refractivity (Wildman–Crippen MR) is 129 cm³/mol. The molecule has 0 heterocycles. The lowest BCUT2D eigenvalue weighted by Crippen LogP contribution is -2.36. The van der Waals surface area contributed by atoms with Crippen molar-refractivity contribution in [2.24, 2.45) is 0 Å². The normalized spacial score (nSPS) is 15.3. The van der Waals surface area contributed by atoms with Crippen LogP contribution in [-0.2, 0) is 4.79 Å². The molecule has 0 aromatic heterocycles. The minimum absolute atomic E-state index is 0.0660. The first-order valence-corrected chi connectivity index (χ1v) is 11.3. The fourth-order valence-electron chi connectivity index (χ4n) is 4.23. The lowest BCUT2D eigenvalue weighted by molar-refractivity contribution is -0.118. The van der Waals surface area contributed by atoms with E-state index < -0.39 is 0 Å². The third kappa shape index (κ3) is 5.75. The molecule has 30 heavy (non-hydrogen) atoms. The highest BCUT2D eigenvalue weighted by atomic mass is 16.1. The summed E-state index contributed by atoms with van der Waals surface area (Å²) in [5.74, 6) is 0.0660. The standard InChI is InChI=1S/C27H36N2O/c1-18(2)28-25-13-11-22(12-14-25)26-17-19(3)23(15-20(26)4)16-21(5)27(30)29-24-9-7-6-8-10-24/h11-18,24,28H,6-10H2,1-5H3,(H,29,30). The third-order valence-corrected chi connectivity index (χ3v) is 5.93. The molecule has 0 spiro atoms. The Morgan fingerprint density at radius 1 is 1.00 bits per heavy atom. The van der Waals surface area contributed by atoms with Crippen LogP contribution < -0.4 is 10.6 Å². The van der Waals surface area contributed by atoms with E-state index in [2.05, 4.69) is 74.7 Å². The smallest absolute Gasteiger partial charge is 0.247 e. The SMILES string of the molecule is CC(=Cc1cc(C)c(-c2ccc(NC(C)C)cc2)cc1C)C(=O)NC1CCCCC1. The molecule has 3 heteroatoms. The number of anilines is 1. The molecule has 0 atom stereocenters. The van der Waals surface area contributed by atoms with Crippen LogP contribution in [0.1, 0.15) is 69.6 Å². The van der Waals surface area contributed by atoms with Crippen molar-refractivity contribution in [3.8, 4) is 11.1 Å². The monoisotopic (exact) mass is 404 g/mol. The van der Waals surface area contributed by atoms with Gasteiger partial charge in [-0.2, -0.15) is 0 Å². The van der Waals surface area contributed by atoms with Crippen molar-refractivity contribution >= 4 is 17.7 Å². The van der Waals surface area contributed by atoms with Gasteiger partial charge in [0.15, 0.2) is 0 Å². The van der Waals surface area contributed by atoms with Gasteiger partial charge < -0.3 is 10.6 Å². The molecule has 1 aliphatic carbocycles. The maximum atomic E-state index is 12.6. The van der Waals surface area contributed by atoms with Crippen LogP contribution in [0, 0.1) is 13.8 Å². The minimum Gasteiger partial charge on any atom is -0.383 e. The topological polar surface area (TPSA) is 41.1 Å². The second-order valence-corrected chi connectivity index (χ2v) is 9.04. The first-order chi connectivity index (χ1) is 14.3. The molecule has 3 nitrogen and oxygen atoms in total. The summed E-state index contributed by atoms with van der Waals surface area (Å²) < 4.78 is 0. The molecule has 0 saturated heterocycles. The van der Waals surface area contributed by atoms with Crippen LogP contribution in [0.5, 0.6) is 0 Å². The Morgan fingerprint density at radius 3 is 2.30 bits per heavy atom. The fraction of sp³-hybridized carbons (Fsp3) is 0.444. The van der Waals surface area contributed by atoms with E-state index in [1.165, 1.54) is 41.5 Å². The van der Waals surface area contributed by atoms with Crippen molar-refractivity contribution < 1.29 is 4.79 Å². The van der Waals surface area contributed by atoms with E-state index in [4.69, 9.17) is 0 Å². The van der Waals surface area contributed by atoms with Gasteiger partial charge in [0.2, 0.25) is 5.91 Å². The van der Waals surface area contributed by atoms with Crippen LogP contribution >= 0.6 is 0 Å². The second kappa shape index (κ2) is 9.97. The average Bonchev–Trinajstić information content (AvgIpc) is 2.71. The molecule has 2 aromatic rings. The second-order valence-electron chi connectivity index (χ2n) is 9.04. The van der Waals surface area contributed by atoms with Gasteiger partial charge >= 0.3 is 0 Å². The Labute approximate surface area is 182 Å². The van der Waals surface area contributed by atoms with Crippen molar-refractivity contribution in [2.75, 3.05) is 5.32 Å². The van der Waals surface area contributed by atoms with Crippen LogP contribution in [0.2, 0.25) is 0 Å². The van der Waals surface area contributed by atoms with Crippen molar-refractivity contribution in [3.63, 3.8) is 0 Å². The highest BCUT2D eigenvalue weighted by Crippen LogP contribution is 2.29. The van der Waals surface area contributed by atoms with E-state index in [-0.39, 0.29) is 5.91 Å². The van der Waals surface area contributed by atoms with Crippen molar-refractivity contribution in [1.82, 2.24) is 5.32 Å². The van der Waals surface area contributed by atoms with Gasteiger partial charge in [0, 0.05) is 23.3 Å². The van der Waals surface area contributed by atoms with Crippen molar-refractivity contribution in [3.05, 3.63) is 58.7 Å². The predicted octanol–water partition coefficient (Wildman–Crippen LogP) is 6.64. The van der Waals surface area contributed by atoms with Gasteiger partial charge in [0.05, 0.1) is 0 Å². The average molecular weight is 405 g/mol. The van der Waals surface area contributed by atoms with Gasteiger partial charge in [0.25, 0.3) is 0 Å². The van der Waals surface area contributed by atoms with Crippen LogP contribution in [-0.4, -0.2) is 18.0 Å². The molecule has 2 N–H and O–H groups in total. The maximum absolute atomic E-state index is 12.6. The van der Waals surface area contributed by atoms with Crippen LogP contribution in [0.15, 0.2) is 42.0 Å². The van der Waals surface area contributed by atoms with E-state index in [0.29, 0.717) is 12.1 Å². The first kappa shape index (κ1) is 22.1. The molecular weight excluding hydrogens is 368 g/mol. The summed E-state index contributed by atoms with van der Waals surface area (Å²) in [6.07, 6.45) is 7.99. The molecule has 2 aromatic carbocycles. The highest BCUT2D eigenvalue weighted by Gasteiger charge is 2.16. The first-order valence-electron chi connectivity index (χ1n) is 11.3. The van der Waals surface area contributed by atoms with Crippen LogP contribution in [0.4, 0.5) is 5.69 Å². The number of carbonyl (C=O) groups excluding carboxylic acids is 1. The number of nitrogens with one attached hydrogen (secondary N) is 2. The number of carbonyl (C=O) groups is 1. The Morgan fingerprint density at radius 2 is 1.67 bits per heavy atom. The highest BCUT2D eigenvalue weighted by molar-refractivity contribution is 5.97. The number of amides is 1. The number of rotatable bonds is 6. The summed E-state index contributed by atoms with van der Waals surface area (Å²) in [5.41, 5.74) is 7.90. The van der Waals surface area contributed by atoms with E-state index in [9.17, 15) is 4.79 Å². The van der Waals surface area contributed by atoms with Crippen molar-refractivity contribution in [2.45, 2.75) is 78.8 Å². The maximum Gasteiger partial charge on any atom is 0.247 e. The molecule has 0 aliphatic heterocycles. The van der Waals surface area contributed by atoms with Gasteiger partial charge in [-0.1, -0.05) is 43.5 Å². The van der Waals surface area contributed by atoms with E-state index in [1.807, 2.05) is 13.0 Å². The lowest BCUT2D eigenvalue weighted by Gasteiger charge is -2.23. The van der Waals surface area contributed by atoms with Gasteiger partial charge in [-0.25, -0.2) is 0 Å². The lowest BCUT2D eigenvalue weighted by atomic mass is 9.93. The summed E-state index contributed by atoms with van der Waals surface area (Å²) in [6, 6.07) is 13.8. The van der Waals surface area contributed by atoms with E-state index in [1.54, 1.807) is 0 Å². The number of hydrogen-bond acceptors (Lipinski definition) is 2. The van der Waals surface area contributed by atoms with E-state index in [0.717, 1.165) is 29.7 Å². The van der Waals surface area contributed by atoms with Gasteiger partial charge in [-0.3, -0.25) is 4.79 Å². The molecule has 3 rings (SSSR count). The number of benzene rings is 2. The van der Waals surface area contributed by atoms with Crippen LogP contribution in [0.3, 0.4) is 0 Å². The zero-order valence-corrected chi connectivity index (χ0v) is 19.1. The molecule has 1 amide bonds. The van der Waals surface area contributed by atoms with Gasteiger partial charge in [0.1, 0.15) is 0 Å². The summed E-state index contributed by atoms with van der Waals surface area (Å²) >= 11 is 0. The molecule has 1 fully saturated rings. The minimum atomic E-state index is 0.0660. The fourth-order valence-corrected chi connectivity index (χ4v) is 4.23. The molecule has 160 valence electrons. The molecule has 1 saturated carbocycles. The zero-order chi connectivity index (χ0) is 21.7. The summed E-state index contributed by atoms with van der Waals surface area (Å²) in [4.78, 5) is 12.6. The van der Waals surface area contributed by atoms with Gasteiger partial charge in [-0.15, -0.1) is 0 Å². The molecular formula is C27H36N2O. The third-order valence-electron chi connectivity index (χ3n) is 5.93. The largest absolute Gasteiger partial charge is 0.383 e. The molecule has 0 radical (unpaired) electrons. The zero-order valence-electron chi connectivity index (χ0n) is 19.1. The summed E-state index contributed by atoms with van der Waals surface area (Å²) in [6.45, 7) is 10.5. The Bertz CT molecular complexity index is 903.